The molecule has 0 atom stereocenters. The lowest BCUT2D eigenvalue weighted by Gasteiger charge is -2.12. The van der Waals surface area contributed by atoms with E-state index in [2.05, 4.69) is 0 Å². The zero-order valence-electron chi connectivity index (χ0n) is 13.9. The van der Waals surface area contributed by atoms with E-state index in [0.717, 1.165) is 16.7 Å². The number of nitrogens with zero attached hydrogens (tertiary/aromatic N) is 1. The van der Waals surface area contributed by atoms with Crippen molar-refractivity contribution in [1.29, 1.82) is 0 Å². The molecule has 0 saturated carbocycles. The summed E-state index contributed by atoms with van der Waals surface area (Å²) in [5.41, 5.74) is 1.08. The number of ether oxygens (including phenoxy) is 1. The smallest absolute Gasteiger partial charge is 0.306 e. The Hall–Kier alpha value is -2.77. The summed E-state index contributed by atoms with van der Waals surface area (Å²) in [7, 11) is 0. The Morgan fingerprint density at radius 2 is 1.96 bits per heavy atom. The molecule has 1 heterocycles. The van der Waals surface area contributed by atoms with Gasteiger partial charge in [-0.1, -0.05) is 29.8 Å². The Labute approximate surface area is 164 Å². The molecule has 1 N–H and O–H groups in total. The van der Waals surface area contributed by atoms with Crippen LogP contribution >= 0.6 is 23.4 Å². The summed E-state index contributed by atoms with van der Waals surface area (Å²) in [4.78, 5) is 36.8. The number of anilines is 1. The van der Waals surface area contributed by atoms with Crippen LogP contribution in [0.2, 0.25) is 5.02 Å². The number of hydrogen-bond acceptors (Lipinski definition) is 5. The first-order valence-electron chi connectivity index (χ1n) is 7.92. The first kappa shape index (κ1) is 19.0. The summed E-state index contributed by atoms with van der Waals surface area (Å²) in [6.45, 7) is 0.0457. The Kier molecular flexibility index (Phi) is 5.83. The topological polar surface area (TPSA) is 83.9 Å². The van der Waals surface area contributed by atoms with Gasteiger partial charge in [0.15, 0.2) is 0 Å². The van der Waals surface area contributed by atoms with Crippen LogP contribution in [-0.2, 0) is 9.59 Å². The van der Waals surface area contributed by atoms with Gasteiger partial charge in [0.25, 0.3) is 11.1 Å². The van der Waals surface area contributed by atoms with Gasteiger partial charge in [-0.3, -0.25) is 14.4 Å². The number of rotatable bonds is 6. The molecule has 0 radical (unpaired) electrons. The van der Waals surface area contributed by atoms with E-state index in [-0.39, 0.29) is 17.9 Å². The van der Waals surface area contributed by atoms with Gasteiger partial charge in [-0.25, -0.2) is 4.90 Å². The largest absolute Gasteiger partial charge is 0.493 e. The van der Waals surface area contributed by atoms with Crippen molar-refractivity contribution in [1.82, 2.24) is 0 Å². The van der Waals surface area contributed by atoms with E-state index in [0.29, 0.717) is 22.0 Å². The maximum atomic E-state index is 12.6. The number of benzene rings is 2. The second-order valence-electron chi connectivity index (χ2n) is 5.56. The molecule has 27 heavy (non-hydrogen) atoms. The number of carboxylic acids is 1. The molecule has 2 aromatic rings. The lowest BCUT2D eigenvalue weighted by atomic mass is 10.2. The molecule has 6 nitrogen and oxygen atoms in total. The van der Waals surface area contributed by atoms with Gasteiger partial charge in [-0.15, -0.1) is 0 Å². The number of carbonyl (C=O) groups excluding carboxylic acids is 2. The van der Waals surface area contributed by atoms with E-state index in [1.165, 1.54) is 0 Å². The SMILES string of the molecule is O=C(O)CCOc1cccc(/C=C2/SC(=O)N(c3cccc(Cl)c3)C2=O)c1. The van der Waals surface area contributed by atoms with Crippen molar-refractivity contribution in [3.05, 3.63) is 64.0 Å². The fourth-order valence-corrected chi connectivity index (χ4v) is 3.43. The molecule has 1 aliphatic rings. The van der Waals surface area contributed by atoms with E-state index in [1.54, 1.807) is 54.6 Å². The fraction of sp³-hybridized carbons (Fsp3) is 0.105. The highest BCUT2D eigenvalue weighted by Gasteiger charge is 2.36. The third kappa shape index (κ3) is 4.69. The summed E-state index contributed by atoms with van der Waals surface area (Å²) in [5.74, 6) is -0.885. The molecule has 1 fully saturated rings. The van der Waals surface area contributed by atoms with Crippen molar-refractivity contribution in [2.24, 2.45) is 0 Å². The maximum Gasteiger partial charge on any atom is 0.306 e. The molecule has 0 bridgehead atoms. The van der Waals surface area contributed by atoms with Crippen LogP contribution in [0.3, 0.4) is 0 Å². The van der Waals surface area contributed by atoms with Gasteiger partial charge >= 0.3 is 5.97 Å². The predicted molar refractivity (Wildman–Crippen MR) is 104 cm³/mol. The third-order valence-electron chi connectivity index (χ3n) is 3.60. The van der Waals surface area contributed by atoms with E-state index < -0.39 is 17.1 Å². The van der Waals surface area contributed by atoms with Gasteiger partial charge in [0.05, 0.1) is 23.6 Å². The predicted octanol–water partition coefficient (Wildman–Crippen LogP) is 4.43. The average Bonchev–Trinajstić information content (AvgIpc) is 2.88. The standard InChI is InChI=1S/C19H14ClNO5S/c20-13-4-2-5-14(11-13)21-18(24)16(27-19(21)25)10-12-3-1-6-15(9-12)26-8-7-17(22)23/h1-6,9-11H,7-8H2,(H,22,23)/b16-10+. The number of thioether (sulfide) groups is 1. The van der Waals surface area contributed by atoms with Crippen molar-refractivity contribution in [3.8, 4) is 5.75 Å². The first-order valence-corrected chi connectivity index (χ1v) is 9.11. The quantitative estimate of drug-likeness (QED) is 0.718. The van der Waals surface area contributed by atoms with Crippen molar-refractivity contribution >= 4 is 52.2 Å². The molecule has 2 amide bonds. The maximum absolute atomic E-state index is 12.6. The number of halogens is 1. The van der Waals surface area contributed by atoms with Gasteiger partial charge in [-0.05, 0) is 53.7 Å². The first-order chi connectivity index (χ1) is 12.9. The molecule has 0 spiro atoms. The lowest BCUT2D eigenvalue weighted by molar-refractivity contribution is -0.137. The number of hydrogen-bond donors (Lipinski definition) is 1. The zero-order chi connectivity index (χ0) is 19.4. The Bertz CT molecular complexity index is 943. The van der Waals surface area contributed by atoms with E-state index in [1.807, 2.05) is 0 Å². The van der Waals surface area contributed by atoms with Gasteiger partial charge in [0.2, 0.25) is 0 Å². The molecule has 8 heteroatoms. The number of carbonyl (C=O) groups is 3. The van der Waals surface area contributed by atoms with Gasteiger partial charge in [0.1, 0.15) is 5.75 Å². The molecule has 2 aromatic carbocycles. The van der Waals surface area contributed by atoms with Crippen LogP contribution in [0.4, 0.5) is 10.5 Å². The van der Waals surface area contributed by atoms with Gasteiger partial charge < -0.3 is 9.84 Å². The van der Waals surface area contributed by atoms with Crippen LogP contribution in [0.15, 0.2) is 53.4 Å². The number of aliphatic carboxylic acids is 1. The second-order valence-corrected chi connectivity index (χ2v) is 6.99. The molecular formula is C19H14ClNO5S. The molecule has 3 rings (SSSR count). The number of imide groups is 1. The van der Waals surface area contributed by atoms with Crippen molar-refractivity contribution < 1.29 is 24.2 Å². The molecule has 1 saturated heterocycles. The molecule has 0 unspecified atom stereocenters. The van der Waals surface area contributed by atoms with E-state index in [4.69, 9.17) is 21.4 Å². The normalized spacial score (nSPS) is 15.4. The van der Waals surface area contributed by atoms with E-state index >= 15 is 0 Å². The Morgan fingerprint density at radius 1 is 1.19 bits per heavy atom. The molecule has 0 aliphatic carbocycles. The fourth-order valence-electron chi connectivity index (χ4n) is 2.41. The highest BCUT2D eigenvalue weighted by molar-refractivity contribution is 8.19. The number of amides is 2. The zero-order valence-corrected chi connectivity index (χ0v) is 15.5. The minimum absolute atomic E-state index is 0.0457. The minimum Gasteiger partial charge on any atom is -0.493 e. The van der Waals surface area contributed by atoms with Gasteiger partial charge in [0, 0.05) is 5.02 Å². The Morgan fingerprint density at radius 3 is 2.70 bits per heavy atom. The summed E-state index contributed by atoms with van der Waals surface area (Å²) in [6.07, 6.45) is 1.49. The van der Waals surface area contributed by atoms with Crippen LogP contribution in [0, 0.1) is 0 Å². The minimum atomic E-state index is -0.944. The molecule has 1 aliphatic heterocycles. The van der Waals surface area contributed by atoms with Crippen LogP contribution in [0.25, 0.3) is 6.08 Å². The second kappa shape index (κ2) is 8.28. The van der Waals surface area contributed by atoms with E-state index in [9.17, 15) is 14.4 Å². The van der Waals surface area contributed by atoms with Crippen LogP contribution in [-0.4, -0.2) is 28.8 Å². The highest BCUT2D eigenvalue weighted by atomic mass is 35.5. The number of carboxylic acid groups (broad SMARTS) is 1. The monoisotopic (exact) mass is 403 g/mol. The summed E-state index contributed by atoms with van der Waals surface area (Å²) in [6, 6.07) is 13.4. The average molecular weight is 404 g/mol. The summed E-state index contributed by atoms with van der Waals surface area (Å²) >= 11 is 6.78. The third-order valence-corrected chi connectivity index (χ3v) is 4.71. The molecule has 0 aromatic heterocycles. The summed E-state index contributed by atoms with van der Waals surface area (Å²) in [5, 5.41) is 8.68. The molecular weight excluding hydrogens is 390 g/mol. The van der Waals surface area contributed by atoms with Crippen LogP contribution < -0.4 is 9.64 Å². The van der Waals surface area contributed by atoms with Crippen molar-refractivity contribution in [3.63, 3.8) is 0 Å². The van der Waals surface area contributed by atoms with Crippen LogP contribution in [0.1, 0.15) is 12.0 Å². The van der Waals surface area contributed by atoms with Gasteiger partial charge in [-0.2, -0.15) is 0 Å². The summed E-state index contributed by atoms with van der Waals surface area (Å²) < 4.78 is 5.38. The lowest BCUT2D eigenvalue weighted by Crippen LogP contribution is -2.27. The van der Waals surface area contributed by atoms with Crippen molar-refractivity contribution in [2.45, 2.75) is 6.42 Å². The molecule has 138 valence electrons. The highest BCUT2D eigenvalue weighted by Crippen LogP contribution is 2.36. The Balaban J connectivity index is 1.78. The van der Waals surface area contributed by atoms with Crippen LogP contribution in [0.5, 0.6) is 5.75 Å². The van der Waals surface area contributed by atoms with Crippen molar-refractivity contribution in [2.75, 3.05) is 11.5 Å².